The van der Waals surface area contributed by atoms with E-state index in [1.54, 1.807) is 0 Å². The molecule has 0 saturated carbocycles. The van der Waals surface area contributed by atoms with Gasteiger partial charge in [0.15, 0.2) is 0 Å². The van der Waals surface area contributed by atoms with Crippen molar-refractivity contribution in [3.63, 3.8) is 0 Å². The van der Waals surface area contributed by atoms with Crippen LogP contribution in [0.5, 0.6) is 0 Å². The molecule has 0 aliphatic heterocycles. The van der Waals surface area contributed by atoms with Crippen LogP contribution in [0.25, 0.3) is 0 Å². The smallest absolute Gasteiger partial charge is 0.0731 e. The van der Waals surface area contributed by atoms with Gasteiger partial charge in [-0.15, -0.1) is 0 Å². The van der Waals surface area contributed by atoms with Crippen molar-refractivity contribution in [2.24, 2.45) is 5.92 Å². The Kier molecular flexibility index (Phi) is 5.65. The van der Waals surface area contributed by atoms with Crippen molar-refractivity contribution in [3.05, 3.63) is 33.3 Å². The van der Waals surface area contributed by atoms with Gasteiger partial charge in [0.05, 0.1) is 6.61 Å². The molecular formula is C12H16BrClO. The van der Waals surface area contributed by atoms with Crippen LogP contribution in [-0.4, -0.2) is 6.61 Å². The van der Waals surface area contributed by atoms with E-state index >= 15 is 0 Å². The average Bonchev–Trinajstić information content (AvgIpc) is 2.14. The average molecular weight is 292 g/mol. The molecule has 1 rings (SSSR count). The van der Waals surface area contributed by atoms with E-state index in [-0.39, 0.29) is 0 Å². The second-order valence-electron chi connectivity index (χ2n) is 3.97. The summed E-state index contributed by atoms with van der Waals surface area (Å²) in [5.74, 6) is 0.686. The summed E-state index contributed by atoms with van der Waals surface area (Å²) in [5.41, 5.74) is 1.05. The summed E-state index contributed by atoms with van der Waals surface area (Å²) in [7, 11) is 0. The van der Waals surface area contributed by atoms with Crippen molar-refractivity contribution < 1.29 is 4.74 Å². The van der Waals surface area contributed by atoms with Crippen LogP contribution in [0.1, 0.15) is 25.8 Å². The van der Waals surface area contributed by atoms with Gasteiger partial charge in [0, 0.05) is 16.1 Å². The molecule has 0 spiro atoms. The van der Waals surface area contributed by atoms with Crippen LogP contribution in [0.4, 0.5) is 0 Å². The fourth-order valence-corrected chi connectivity index (χ4v) is 1.87. The molecule has 3 heteroatoms. The molecule has 0 fully saturated rings. The molecule has 1 aromatic carbocycles. The second kappa shape index (κ2) is 6.51. The Balaban J connectivity index is 2.37. The zero-order valence-corrected chi connectivity index (χ0v) is 11.4. The van der Waals surface area contributed by atoms with E-state index < -0.39 is 0 Å². The highest BCUT2D eigenvalue weighted by Gasteiger charge is 2.01. The summed E-state index contributed by atoms with van der Waals surface area (Å²) >= 11 is 9.43. The van der Waals surface area contributed by atoms with Crippen LogP contribution in [0.2, 0.25) is 5.02 Å². The zero-order chi connectivity index (χ0) is 11.3. The molecule has 0 aliphatic carbocycles. The van der Waals surface area contributed by atoms with Gasteiger partial charge < -0.3 is 4.74 Å². The fourth-order valence-electron chi connectivity index (χ4n) is 1.14. The largest absolute Gasteiger partial charge is 0.377 e. The third kappa shape index (κ3) is 5.01. The van der Waals surface area contributed by atoms with Gasteiger partial charge in [-0.1, -0.05) is 47.4 Å². The van der Waals surface area contributed by atoms with Crippen molar-refractivity contribution in [1.82, 2.24) is 0 Å². The maximum absolute atomic E-state index is 6.06. The van der Waals surface area contributed by atoms with Crippen LogP contribution in [0.3, 0.4) is 0 Å². The molecule has 0 aromatic heterocycles. The molecule has 84 valence electrons. The number of halogens is 2. The van der Waals surface area contributed by atoms with Crippen LogP contribution in [0.15, 0.2) is 22.7 Å². The quantitative estimate of drug-likeness (QED) is 0.717. The molecule has 0 saturated heterocycles. The van der Waals surface area contributed by atoms with Gasteiger partial charge in [-0.2, -0.15) is 0 Å². The summed E-state index contributed by atoms with van der Waals surface area (Å²) < 4.78 is 6.55. The first-order valence-electron chi connectivity index (χ1n) is 5.11. The lowest BCUT2D eigenvalue weighted by Gasteiger charge is -2.08. The number of benzene rings is 1. The van der Waals surface area contributed by atoms with Crippen molar-refractivity contribution >= 4 is 27.5 Å². The molecule has 1 aromatic rings. The van der Waals surface area contributed by atoms with Gasteiger partial charge in [0.1, 0.15) is 0 Å². The topological polar surface area (TPSA) is 9.23 Å². The Morgan fingerprint density at radius 3 is 2.73 bits per heavy atom. The minimum atomic E-state index is 0.596. The number of hydrogen-bond donors (Lipinski definition) is 0. The molecule has 0 radical (unpaired) electrons. The molecule has 1 nitrogen and oxygen atoms in total. The van der Waals surface area contributed by atoms with E-state index in [1.165, 1.54) is 0 Å². The highest BCUT2D eigenvalue weighted by atomic mass is 79.9. The van der Waals surface area contributed by atoms with Crippen LogP contribution in [-0.2, 0) is 11.3 Å². The molecular weight excluding hydrogens is 275 g/mol. The van der Waals surface area contributed by atoms with Crippen molar-refractivity contribution in [2.75, 3.05) is 6.61 Å². The number of hydrogen-bond acceptors (Lipinski definition) is 1. The Bertz CT molecular complexity index is 312. The van der Waals surface area contributed by atoms with Crippen LogP contribution in [0, 0.1) is 5.92 Å². The normalized spacial score (nSPS) is 11.0. The van der Waals surface area contributed by atoms with E-state index in [9.17, 15) is 0 Å². The summed E-state index contributed by atoms with van der Waals surface area (Å²) in [6, 6.07) is 5.86. The zero-order valence-electron chi connectivity index (χ0n) is 9.09. The monoisotopic (exact) mass is 290 g/mol. The molecule has 0 atom stereocenters. The van der Waals surface area contributed by atoms with Gasteiger partial charge in [-0.05, 0) is 30.0 Å². The SMILES string of the molecule is CC(C)CCOCc1ccc(Br)cc1Cl. The predicted octanol–water partition coefficient (Wildman–Crippen LogP) is 4.67. The lowest BCUT2D eigenvalue weighted by molar-refractivity contribution is 0.111. The molecule has 0 amide bonds. The minimum absolute atomic E-state index is 0.596. The fraction of sp³-hybridized carbons (Fsp3) is 0.500. The van der Waals surface area contributed by atoms with Crippen LogP contribution >= 0.6 is 27.5 Å². The van der Waals surface area contributed by atoms with Crippen molar-refractivity contribution in [1.29, 1.82) is 0 Å². The second-order valence-corrected chi connectivity index (χ2v) is 5.29. The van der Waals surface area contributed by atoms with Crippen LogP contribution < -0.4 is 0 Å². The first kappa shape index (κ1) is 13.0. The summed E-state index contributed by atoms with van der Waals surface area (Å²) in [4.78, 5) is 0. The van der Waals surface area contributed by atoms with E-state index in [4.69, 9.17) is 16.3 Å². The lowest BCUT2D eigenvalue weighted by atomic mass is 10.1. The summed E-state index contributed by atoms with van der Waals surface area (Å²) in [6.45, 7) is 5.77. The molecule has 0 heterocycles. The third-order valence-electron chi connectivity index (χ3n) is 2.11. The maximum atomic E-state index is 6.06. The van der Waals surface area contributed by atoms with E-state index in [1.807, 2.05) is 18.2 Å². The Morgan fingerprint density at radius 2 is 2.13 bits per heavy atom. The van der Waals surface area contributed by atoms with Gasteiger partial charge in [-0.25, -0.2) is 0 Å². The number of rotatable bonds is 5. The van der Waals surface area contributed by atoms with E-state index in [0.717, 1.165) is 28.1 Å². The molecule has 0 N–H and O–H groups in total. The molecule has 15 heavy (non-hydrogen) atoms. The molecule has 0 bridgehead atoms. The molecule has 0 unspecified atom stereocenters. The van der Waals surface area contributed by atoms with Gasteiger partial charge in [-0.3, -0.25) is 0 Å². The third-order valence-corrected chi connectivity index (χ3v) is 2.96. The van der Waals surface area contributed by atoms with Gasteiger partial charge in [0.2, 0.25) is 0 Å². The number of ether oxygens (including phenoxy) is 1. The van der Waals surface area contributed by atoms with E-state index in [0.29, 0.717) is 12.5 Å². The van der Waals surface area contributed by atoms with Gasteiger partial charge in [0.25, 0.3) is 0 Å². The van der Waals surface area contributed by atoms with Crippen molar-refractivity contribution in [3.8, 4) is 0 Å². The maximum Gasteiger partial charge on any atom is 0.0731 e. The Hall–Kier alpha value is -0.0500. The summed E-state index contributed by atoms with van der Waals surface area (Å²) in [5, 5.41) is 0.758. The highest BCUT2D eigenvalue weighted by Crippen LogP contribution is 2.22. The van der Waals surface area contributed by atoms with Crippen molar-refractivity contribution in [2.45, 2.75) is 26.9 Å². The first-order valence-corrected chi connectivity index (χ1v) is 6.28. The Labute approximate surface area is 105 Å². The van der Waals surface area contributed by atoms with Gasteiger partial charge >= 0.3 is 0 Å². The Morgan fingerprint density at radius 1 is 1.40 bits per heavy atom. The molecule has 0 aliphatic rings. The minimum Gasteiger partial charge on any atom is -0.377 e. The van der Waals surface area contributed by atoms with E-state index in [2.05, 4.69) is 29.8 Å². The predicted molar refractivity (Wildman–Crippen MR) is 68.3 cm³/mol. The summed E-state index contributed by atoms with van der Waals surface area (Å²) in [6.07, 6.45) is 1.09. The highest BCUT2D eigenvalue weighted by molar-refractivity contribution is 9.10. The first-order chi connectivity index (χ1) is 7.09. The lowest BCUT2D eigenvalue weighted by Crippen LogP contribution is -1.99. The standard InChI is InChI=1S/C12H16BrClO/c1-9(2)5-6-15-8-10-3-4-11(13)7-12(10)14/h3-4,7,9H,5-6,8H2,1-2H3.